The van der Waals surface area contributed by atoms with Gasteiger partial charge in [-0.1, -0.05) is 74.7 Å². The van der Waals surface area contributed by atoms with Crippen LogP contribution in [0.1, 0.15) is 57.4 Å². The van der Waals surface area contributed by atoms with E-state index >= 15 is 0 Å². The van der Waals surface area contributed by atoms with Crippen LogP contribution in [0.2, 0.25) is 0 Å². The lowest BCUT2D eigenvalue weighted by atomic mass is 10.0. The first-order valence-corrected chi connectivity index (χ1v) is 12.1. The van der Waals surface area contributed by atoms with Gasteiger partial charge in [-0.25, -0.2) is 0 Å². The van der Waals surface area contributed by atoms with Gasteiger partial charge in [-0.15, -0.1) is 0 Å². The van der Waals surface area contributed by atoms with E-state index in [-0.39, 0.29) is 17.9 Å². The van der Waals surface area contributed by atoms with Crippen molar-refractivity contribution in [3.05, 3.63) is 65.1 Å². The highest BCUT2D eigenvalue weighted by Crippen LogP contribution is 2.42. The van der Waals surface area contributed by atoms with Gasteiger partial charge in [0.25, 0.3) is 11.8 Å². The number of thioether (sulfide) groups is 1. The van der Waals surface area contributed by atoms with E-state index in [1.807, 2.05) is 54.6 Å². The number of benzene rings is 2. The molecule has 0 bridgehead atoms. The van der Waals surface area contributed by atoms with Gasteiger partial charge < -0.3 is 4.74 Å². The summed E-state index contributed by atoms with van der Waals surface area (Å²) in [6, 6.07) is 17.4. The second kappa shape index (κ2) is 10.2. The summed E-state index contributed by atoms with van der Waals surface area (Å²) in [4.78, 5) is 30.2. The van der Waals surface area contributed by atoms with Crippen molar-refractivity contribution in [3.8, 4) is 5.75 Å². The van der Waals surface area contributed by atoms with Gasteiger partial charge in [0, 0.05) is 10.9 Å². The Bertz CT molecular complexity index is 944. The molecule has 5 heteroatoms. The smallest absolute Gasteiger partial charge is 0.268 e. The highest BCUT2D eigenvalue weighted by atomic mass is 32.2. The first-order chi connectivity index (χ1) is 15.2. The fourth-order valence-electron chi connectivity index (χ4n) is 4.27. The maximum Gasteiger partial charge on any atom is 0.268 e. The third kappa shape index (κ3) is 4.87. The first kappa shape index (κ1) is 21.7. The van der Waals surface area contributed by atoms with Crippen molar-refractivity contribution in [2.75, 3.05) is 6.61 Å². The number of ether oxygens (including phenoxy) is 1. The van der Waals surface area contributed by atoms with Crippen molar-refractivity contribution in [2.24, 2.45) is 0 Å². The Balaban J connectivity index is 1.68. The average Bonchev–Trinajstić information content (AvgIpc) is 2.97. The molecule has 2 aromatic rings. The summed E-state index contributed by atoms with van der Waals surface area (Å²) in [5.41, 5.74) is 1.29. The molecule has 0 saturated heterocycles. The van der Waals surface area contributed by atoms with Gasteiger partial charge in [-0.2, -0.15) is 0 Å². The lowest BCUT2D eigenvalue weighted by Crippen LogP contribution is -2.40. The zero-order valence-electron chi connectivity index (χ0n) is 18.0. The number of rotatable bonds is 7. The number of carbonyl (C=O) groups excluding carboxylic acids is 2. The highest BCUT2D eigenvalue weighted by Gasteiger charge is 2.42. The summed E-state index contributed by atoms with van der Waals surface area (Å²) in [5, 5.41) is 0. The van der Waals surface area contributed by atoms with E-state index in [4.69, 9.17) is 4.74 Å². The molecule has 2 amide bonds. The Kier molecular flexibility index (Phi) is 7.13. The fraction of sp³-hybridized carbons (Fsp3) is 0.385. The third-order valence-electron chi connectivity index (χ3n) is 5.84. The molecule has 0 unspecified atom stereocenters. The summed E-state index contributed by atoms with van der Waals surface area (Å²) < 4.78 is 5.69. The maximum absolute atomic E-state index is 13.6. The van der Waals surface area contributed by atoms with Crippen LogP contribution in [0.25, 0.3) is 5.57 Å². The van der Waals surface area contributed by atoms with Crippen LogP contribution in [-0.2, 0) is 9.59 Å². The Labute approximate surface area is 188 Å². The van der Waals surface area contributed by atoms with Gasteiger partial charge in [0.1, 0.15) is 5.75 Å². The molecule has 0 aromatic heterocycles. The van der Waals surface area contributed by atoms with Crippen LogP contribution < -0.4 is 4.74 Å². The van der Waals surface area contributed by atoms with Gasteiger partial charge in [-0.3, -0.25) is 14.5 Å². The molecular formula is C26H29NO3S. The van der Waals surface area contributed by atoms with E-state index in [0.717, 1.165) is 48.3 Å². The predicted octanol–water partition coefficient (Wildman–Crippen LogP) is 6.07. The van der Waals surface area contributed by atoms with Crippen molar-refractivity contribution < 1.29 is 14.3 Å². The van der Waals surface area contributed by atoms with Crippen LogP contribution in [0, 0.1) is 0 Å². The van der Waals surface area contributed by atoms with E-state index in [0.29, 0.717) is 17.1 Å². The topological polar surface area (TPSA) is 46.6 Å². The predicted molar refractivity (Wildman–Crippen MR) is 125 cm³/mol. The molecule has 162 valence electrons. The molecule has 4 rings (SSSR count). The van der Waals surface area contributed by atoms with E-state index in [1.165, 1.54) is 24.6 Å². The molecule has 4 nitrogen and oxygen atoms in total. The lowest BCUT2D eigenvalue weighted by molar-refractivity contribution is -0.139. The minimum Gasteiger partial charge on any atom is -0.494 e. The van der Waals surface area contributed by atoms with E-state index in [9.17, 15) is 9.59 Å². The van der Waals surface area contributed by atoms with Gasteiger partial charge in [0.2, 0.25) is 0 Å². The number of imide groups is 1. The van der Waals surface area contributed by atoms with Crippen molar-refractivity contribution in [1.82, 2.24) is 4.90 Å². The summed E-state index contributed by atoms with van der Waals surface area (Å²) in [5.74, 6) is 0.477. The van der Waals surface area contributed by atoms with Crippen LogP contribution in [-0.4, -0.2) is 29.4 Å². The number of amides is 2. The van der Waals surface area contributed by atoms with E-state index < -0.39 is 0 Å². The van der Waals surface area contributed by atoms with Gasteiger partial charge in [0.15, 0.2) is 0 Å². The molecule has 1 saturated carbocycles. The Morgan fingerprint density at radius 3 is 2.23 bits per heavy atom. The Hall–Kier alpha value is -2.53. The van der Waals surface area contributed by atoms with Crippen LogP contribution in [0.5, 0.6) is 5.75 Å². The second-order valence-electron chi connectivity index (χ2n) is 8.12. The normalized spacial score (nSPS) is 17.9. The summed E-state index contributed by atoms with van der Waals surface area (Å²) in [7, 11) is 0. The van der Waals surface area contributed by atoms with Crippen LogP contribution in [0.15, 0.2) is 64.4 Å². The van der Waals surface area contributed by atoms with Crippen LogP contribution in [0.3, 0.4) is 0 Å². The van der Waals surface area contributed by atoms with Gasteiger partial charge in [-0.05, 0) is 49.1 Å². The largest absolute Gasteiger partial charge is 0.494 e. The Morgan fingerprint density at radius 1 is 0.903 bits per heavy atom. The highest BCUT2D eigenvalue weighted by molar-refractivity contribution is 8.04. The monoisotopic (exact) mass is 435 g/mol. The fourth-order valence-corrected chi connectivity index (χ4v) is 5.29. The molecule has 1 aliphatic heterocycles. The molecule has 1 heterocycles. The zero-order valence-corrected chi connectivity index (χ0v) is 18.8. The number of carbonyl (C=O) groups is 2. The molecule has 0 atom stereocenters. The molecule has 31 heavy (non-hydrogen) atoms. The van der Waals surface area contributed by atoms with Gasteiger partial charge in [0.05, 0.1) is 17.1 Å². The molecular weight excluding hydrogens is 406 g/mol. The summed E-state index contributed by atoms with van der Waals surface area (Å²) in [6.45, 7) is 2.72. The quantitative estimate of drug-likeness (QED) is 0.391. The van der Waals surface area contributed by atoms with Crippen molar-refractivity contribution in [2.45, 2.75) is 62.8 Å². The molecule has 2 aliphatic rings. The van der Waals surface area contributed by atoms with Crippen LogP contribution >= 0.6 is 11.8 Å². The SMILES string of the molecule is CCCOc1ccc(C2=C(Sc3ccccc3)C(=O)N(C3CCCCCC3)C2=O)cc1. The number of nitrogens with zero attached hydrogens (tertiary/aromatic N) is 1. The zero-order chi connectivity index (χ0) is 21.6. The standard InChI is InChI=1S/C26H29NO3S/c1-2-18-30-21-16-14-19(15-17-21)23-24(31-22-12-8-5-9-13-22)26(29)27(25(23)28)20-10-6-3-4-7-11-20/h5,8-9,12-17,20H,2-4,6-7,10-11,18H2,1H3. The minimum atomic E-state index is -0.155. The first-order valence-electron chi connectivity index (χ1n) is 11.3. The second-order valence-corrected chi connectivity index (χ2v) is 9.20. The van der Waals surface area contributed by atoms with E-state index in [2.05, 4.69) is 6.92 Å². The lowest BCUT2D eigenvalue weighted by Gasteiger charge is -2.25. The number of hydrogen-bond acceptors (Lipinski definition) is 4. The third-order valence-corrected chi connectivity index (χ3v) is 6.93. The molecule has 2 aromatic carbocycles. The molecule has 1 fully saturated rings. The number of hydrogen-bond donors (Lipinski definition) is 0. The van der Waals surface area contributed by atoms with Crippen molar-refractivity contribution in [3.63, 3.8) is 0 Å². The molecule has 0 N–H and O–H groups in total. The van der Waals surface area contributed by atoms with E-state index in [1.54, 1.807) is 4.90 Å². The minimum absolute atomic E-state index is 0.00136. The van der Waals surface area contributed by atoms with Gasteiger partial charge >= 0.3 is 0 Å². The summed E-state index contributed by atoms with van der Waals surface area (Å²) in [6.07, 6.45) is 7.24. The molecule has 0 spiro atoms. The van der Waals surface area contributed by atoms with Crippen molar-refractivity contribution >= 4 is 29.1 Å². The summed E-state index contributed by atoms with van der Waals surface area (Å²) >= 11 is 1.39. The molecule has 0 radical (unpaired) electrons. The maximum atomic E-state index is 13.6. The van der Waals surface area contributed by atoms with Crippen molar-refractivity contribution in [1.29, 1.82) is 0 Å². The Morgan fingerprint density at radius 2 is 1.58 bits per heavy atom. The van der Waals surface area contributed by atoms with Crippen LogP contribution in [0.4, 0.5) is 0 Å². The molecule has 1 aliphatic carbocycles. The average molecular weight is 436 g/mol.